The summed E-state index contributed by atoms with van der Waals surface area (Å²) in [6.07, 6.45) is 1.81. The smallest absolute Gasteiger partial charge is 0.143 e. The largest absolute Gasteiger partial charge is 0.491 e. The van der Waals surface area contributed by atoms with E-state index in [1.165, 1.54) is 0 Å². The molecule has 0 radical (unpaired) electrons. The first-order chi connectivity index (χ1) is 5.72. The maximum Gasteiger partial charge on any atom is 0.143 e. The highest BCUT2D eigenvalue weighted by Crippen LogP contribution is 2.14. The summed E-state index contributed by atoms with van der Waals surface area (Å²) in [6, 6.07) is 3.54. The van der Waals surface area contributed by atoms with Gasteiger partial charge < -0.3 is 10.2 Å². The Morgan fingerprint density at radius 2 is 2.33 bits per heavy atom. The maximum atomic E-state index is 5.42. The molecule has 0 saturated carbocycles. The van der Waals surface area contributed by atoms with Crippen LogP contribution in [-0.2, 0) is 0 Å². The summed E-state index contributed by atoms with van der Waals surface area (Å²) in [5, 5.41) is 0. The number of aromatic nitrogens is 1. The minimum Gasteiger partial charge on any atom is -0.491 e. The Morgan fingerprint density at radius 3 is 2.92 bits per heavy atom. The summed E-state index contributed by atoms with van der Waals surface area (Å²) < 4.78 is 5.42. The Hall–Kier alpha value is -1.29. The predicted molar refractivity (Wildman–Crippen MR) is 47.8 cm³/mol. The number of nitrogen functional groups attached to an aromatic ring is 1. The number of ether oxygens (including phenoxy) is 1. The second kappa shape index (κ2) is 3.92. The second-order valence-electron chi connectivity index (χ2n) is 2.69. The van der Waals surface area contributed by atoms with E-state index < -0.39 is 0 Å². The molecular weight excluding hydrogens is 154 g/mol. The van der Waals surface area contributed by atoms with Crippen molar-refractivity contribution in [2.24, 2.45) is 5.84 Å². The van der Waals surface area contributed by atoms with Crippen LogP contribution < -0.4 is 16.0 Å². The number of hydrogen-bond donors (Lipinski definition) is 2. The van der Waals surface area contributed by atoms with E-state index in [-0.39, 0.29) is 6.10 Å². The fraction of sp³-hybridized carbons (Fsp3) is 0.375. The van der Waals surface area contributed by atoms with Gasteiger partial charge >= 0.3 is 0 Å². The number of anilines is 1. The van der Waals surface area contributed by atoms with E-state index in [4.69, 9.17) is 10.6 Å². The molecule has 0 amide bonds. The van der Waals surface area contributed by atoms with Gasteiger partial charge in [0.15, 0.2) is 0 Å². The number of nitrogens with two attached hydrogens (primary N) is 1. The molecule has 0 spiro atoms. The van der Waals surface area contributed by atoms with E-state index >= 15 is 0 Å². The van der Waals surface area contributed by atoms with Gasteiger partial charge in [-0.25, -0.2) is 10.8 Å². The normalized spacial score (nSPS) is 10.0. The summed E-state index contributed by atoms with van der Waals surface area (Å²) in [7, 11) is 0. The molecule has 3 N–H and O–H groups in total. The van der Waals surface area contributed by atoms with Crippen molar-refractivity contribution in [3.8, 4) is 5.75 Å². The molecule has 0 aliphatic heterocycles. The van der Waals surface area contributed by atoms with Crippen LogP contribution in [0.5, 0.6) is 5.75 Å². The number of nitrogens with one attached hydrogen (secondary N) is 1. The van der Waals surface area contributed by atoms with Gasteiger partial charge in [-0.2, -0.15) is 0 Å². The zero-order chi connectivity index (χ0) is 8.97. The first-order valence-corrected chi connectivity index (χ1v) is 3.81. The van der Waals surface area contributed by atoms with Crippen LogP contribution in [-0.4, -0.2) is 11.1 Å². The highest BCUT2D eigenvalue weighted by Gasteiger charge is 1.98. The molecule has 12 heavy (non-hydrogen) atoms. The molecule has 1 heterocycles. The predicted octanol–water partition coefficient (Wildman–Crippen LogP) is 1.15. The van der Waals surface area contributed by atoms with Crippen molar-refractivity contribution < 1.29 is 4.74 Å². The van der Waals surface area contributed by atoms with Crippen LogP contribution >= 0.6 is 0 Å². The van der Waals surface area contributed by atoms with Crippen LogP contribution in [0.25, 0.3) is 0 Å². The minimum absolute atomic E-state index is 0.165. The summed E-state index contributed by atoms with van der Waals surface area (Å²) in [5.41, 5.74) is 2.45. The highest BCUT2D eigenvalue weighted by molar-refractivity contribution is 5.39. The molecule has 0 saturated heterocycles. The zero-order valence-electron chi connectivity index (χ0n) is 7.24. The quantitative estimate of drug-likeness (QED) is 0.523. The molecule has 0 aliphatic rings. The van der Waals surface area contributed by atoms with E-state index in [1.807, 2.05) is 13.8 Å². The number of hydrazine groups is 1. The molecule has 0 unspecified atom stereocenters. The summed E-state index contributed by atoms with van der Waals surface area (Å²) in [6.45, 7) is 3.94. The molecule has 66 valence electrons. The Bertz CT molecular complexity index is 250. The number of hydrogen-bond acceptors (Lipinski definition) is 4. The van der Waals surface area contributed by atoms with Crippen molar-refractivity contribution in [3.05, 3.63) is 18.3 Å². The van der Waals surface area contributed by atoms with Gasteiger partial charge in [-0.3, -0.25) is 0 Å². The third kappa shape index (κ3) is 2.39. The minimum atomic E-state index is 0.165. The molecule has 0 atom stereocenters. The average Bonchev–Trinajstić information content (AvgIpc) is 2.03. The lowest BCUT2D eigenvalue weighted by atomic mass is 10.4. The van der Waals surface area contributed by atoms with E-state index in [2.05, 4.69) is 10.4 Å². The molecule has 0 fully saturated rings. The van der Waals surface area contributed by atoms with Gasteiger partial charge in [0.25, 0.3) is 0 Å². The lowest BCUT2D eigenvalue weighted by molar-refractivity contribution is 0.242. The molecule has 0 aliphatic carbocycles. The molecule has 0 aromatic carbocycles. The van der Waals surface area contributed by atoms with Gasteiger partial charge in [-0.15, -0.1) is 0 Å². The summed E-state index contributed by atoms with van der Waals surface area (Å²) in [4.78, 5) is 3.95. The van der Waals surface area contributed by atoms with E-state index in [0.29, 0.717) is 5.82 Å². The number of nitrogens with zero attached hydrogens (tertiary/aromatic N) is 1. The molecule has 1 rings (SSSR count). The van der Waals surface area contributed by atoms with Crippen molar-refractivity contribution in [1.29, 1.82) is 0 Å². The topological polar surface area (TPSA) is 60.2 Å². The van der Waals surface area contributed by atoms with Crippen LogP contribution in [0.4, 0.5) is 5.82 Å². The monoisotopic (exact) mass is 167 g/mol. The lowest BCUT2D eigenvalue weighted by Gasteiger charge is -2.09. The third-order valence-corrected chi connectivity index (χ3v) is 1.25. The Balaban J connectivity index is 2.72. The zero-order valence-corrected chi connectivity index (χ0v) is 7.24. The Kier molecular flexibility index (Phi) is 2.88. The van der Waals surface area contributed by atoms with Crippen LogP contribution in [0, 0.1) is 0 Å². The molecular formula is C8H13N3O. The van der Waals surface area contributed by atoms with Gasteiger partial charge in [0.2, 0.25) is 0 Å². The van der Waals surface area contributed by atoms with Gasteiger partial charge in [0.1, 0.15) is 11.6 Å². The summed E-state index contributed by atoms with van der Waals surface area (Å²) in [5.74, 6) is 6.56. The standard InChI is InChI=1S/C8H13N3O/c1-6(2)12-7-3-4-10-8(5-7)11-9/h3-6H,9H2,1-2H3,(H,10,11). The lowest BCUT2D eigenvalue weighted by Crippen LogP contribution is -2.10. The fourth-order valence-corrected chi connectivity index (χ4v) is 0.836. The maximum absolute atomic E-state index is 5.42. The van der Waals surface area contributed by atoms with Gasteiger partial charge in [0.05, 0.1) is 6.10 Å². The molecule has 4 nitrogen and oxygen atoms in total. The molecule has 0 bridgehead atoms. The van der Waals surface area contributed by atoms with E-state index in [1.54, 1.807) is 18.3 Å². The average molecular weight is 167 g/mol. The Labute approximate surface area is 71.7 Å². The van der Waals surface area contributed by atoms with Crippen molar-refractivity contribution in [3.63, 3.8) is 0 Å². The van der Waals surface area contributed by atoms with Crippen LogP contribution in [0.2, 0.25) is 0 Å². The SMILES string of the molecule is CC(C)Oc1ccnc(NN)c1. The van der Waals surface area contributed by atoms with Crippen molar-refractivity contribution in [2.75, 3.05) is 5.43 Å². The number of rotatable bonds is 3. The molecule has 4 heteroatoms. The van der Waals surface area contributed by atoms with Crippen molar-refractivity contribution >= 4 is 5.82 Å². The van der Waals surface area contributed by atoms with Gasteiger partial charge in [-0.05, 0) is 19.9 Å². The second-order valence-corrected chi connectivity index (χ2v) is 2.69. The van der Waals surface area contributed by atoms with Crippen molar-refractivity contribution in [1.82, 2.24) is 4.98 Å². The fourth-order valence-electron chi connectivity index (χ4n) is 0.836. The first-order valence-electron chi connectivity index (χ1n) is 3.81. The number of pyridine rings is 1. The Morgan fingerprint density at radius 1 is 1.58 bits per heavy atom. The third-order valence-electron chi connectivity index (χ3n) is 1.25. The first kappa shape index (κ1) is 8.80. The van der Waals surface area contributed by atoms with E-state index in [0.717, 1.165) is 5.75 Å². The van der Waals surface area contributed by atoms with E-state index in [9.17, 15) is 0 Å². The molecule has 1 aromatic rings. The highest BCUT2D eigenvalue weighted by atomic mass is 16.5. The van der Waals surface area contributed by atoms with Crippen molar-refractivity contribution in [2.45, 2.75) is 20.0 Å². The van der Waals surface area contributed by atoms with Crippen LogP contribution in [0.1, 0.15) is 13.8 Å². The molecule has 1 aromatic heterocycles. The van der Waals surface area contributed by atoms with Gasteiger partial charge in [-0.1, -0.05) is 0 Å². The van der Waals surface area contributed by atoms with Crippen LogP contribution in [0.3, 0.4) is 0 Å². The van der Waals surface area contributed by atoms with Gasteiger partial charge in [0, 0.05) is 12.3 Å². The van der Waals surface area contributed by atoms with Crippen LogP contribution in [0.15, 0.2) is 18.3 Å². The summed E-state index contributed by atoms with van der Waals surface area (Å²) >= 11 is 0.